The third-order valence-electron chi connectivity index (χ3n) is 3.94. The standard InChI is InChI=1S/C10H19N3O2/c11-9(12-15)5-13-4-8-2-1-3-10(8,6-13)7-14/h8,14-15H,1-7H2,(H2,11,12)/t8-,10+/m1/s1. The number of amidine groups is 1. The van der Waals surface area contributed by atoms with Gasteiger partial charge in [0.25, 0.3) is 0 Å². The molecule has 2 rings (SSSR count). The second kappa shape index (κ2) is 3.98. The Morgan fingerprint density at radius 2 is 2.40 bits per heavy atom. The first-order valence-corrected chi connectivity index (χ1v) is 5.50. The highest BCUT2D eigenvalue weighted by molar-refractivity contribution is 5.81. The SMILES string of the molecule is NC(CN1C[C@H]2CCC[C@@]2(CO)C1)=NO. The summed E-state index contributed by atoms with van der Waals surface area (Å²) in [6, 6.07) is 0. The van der Waals surface area contributed by atoms with Gasteiger partial charge < -0.3 is 16.0 Å². The third kappa shape index (κ3) is 1.81. The monoisotopic (exact) mass is 213 g/mol. The second-order valence-corrected chi connectivity index (χ2v) is 4.87. The van der Waals surface area contributed by atoms with Crippen molar-refractivity contribution in [3.63, 3.8) is 0 Å². The predicted molar refractivity (Wildman–Crippen MR) is 56.7 cm³/mol. The van der Waals surface area contributed by atoms with Crippen molar-refractivity contribution in [3.8, 4) is 0 Å². The molecule has 0 amide bonds. The van der Waals surface area contributed by atoms with E-state index in [1.807, 2.05) is 0 Å². The van der Waals surface area contributed by atoms with Crippen LogP contribution in [0.2, 0.25) is 0 Å². The third-order valence-corrected chi connectivity index (χ3v) is 3.94. The van der Waals surface area contributed by atoms with Crippen LogP contribution < -0.4 is 5.73 Å². The molecule has 0 aromatic heterocycles. The molecule has 86 valence electrons. The number of hydrogen-bond acceptors (Lipinski definition) is 4. The molecule has 4 N–H and O–H groups in total. The lowest BCUT2D eigenvalue weighted by molar-refractivity contribution is 0.113. The van der Waals surface area contributed by atoms with Gasteiger partial charge in [-0.05, 0) is 18.8 Å². The van der Waals surface area contributed by atoms with Gasteiger partial charge >= 0.3 is 0 Å². The molecule has 0 aromatic rings. The van der Waals surface area contributed by atoms with Crippen molar-refractivity contribution in [1.82, 2.24) is 4.90 Å². The van der Waals surface area contributed by atoms with E-state index < -0.39 is 0 Å². The minimum absolute atomic E-state index is 0.0930. The van der Waals surface area contributed by atoms with Gasteiger partial charge in [-0.1, -0.05) is 11.6 Å². The first-order valence-electron chi connectivity index (χ1n) is 5.50. The van der Waals surface area contributed by atoms with Crippen LogP contribution in [0.1, 0.15) is 19.3 Å². The molecule has 1 aliphatic heterocycles. The van der Waals surface area contributed by atoms with E-state index >= 15 is 0 Å². The Morgan fingerprint density at radius 3 is 3.00 bits per heavy atom. The van der Waals surface area contributed by atoms with Crippen LogP contribution >= 0.6 is 0 Å². The van der Waals surface area contributed by atoms with Crippen molar-refractivity contribution in [2.24, 2.45) is 22.2 Å². The molecule has 0 aromatic carbocycles. The fourth-order valence-electron chi connectivity index (χ4n) is 3.16. The summed E-state index contributed by atoms with van der Waals surface area (Å²) in [4.78, 5) is 2.18. The van der Waals surface area contributed by atoms with E-state index in [9.17, 15) is 5.11 Å². The first-order chi connectivity index (χ1) is 7.20. The Bertz CT molecular complexity index is 269. The number of fused-ring (bicyclic) bond motifs is 1. The zero-order valence-electron chi connectivity index (χ0n) is 8.89. The molecular weight excluding hydrogens is 194 g/mol. The fraction of sp³-hybridized carbons (Fsp3) is 0.900. The Morgan fingerprint density at radius 1 is 1.60 bits per heavy atom. The van der Waals surface area contributed by atoms with Gasteiger partial charge in [-0.25, -0.2) is 0 Å². The smallest absolute Gasteiger partial charge is 0.153 e. The van der Waals surface area contributed by atoms with Crippen molar-refractivity contribution >= 4 is 5.84 Å². The van der Waals surface area contributed by atoms with Gasteiger partial charge in [-0.2, -0.15) is 0 Å². The highest BCUT2D eigenvalue weighted by Gasteiger charge is 2.48. The van der Waals surface area contributed by atoms with Crippen LogP contribution in [-0.2, 0) is 0 Å². The van der Waals surface area contributed by atoms with Gasteiger partial charge in [0.2, 0.25) is 0 Å². The molecule has 2 fully saturated rings. The molecule has 5 nitrogen and oxygen atoms in total. The van der Waals surface area contributed by atoms with Gasteiger partial charge in [0, 0.05) is 18.5 Å². The normalized spacial score (nSPS) is 37.1. The van der Waals surface area contributed by atoms with Crippen molar-refractivity contribution in [2.45, 2.75) is 19.3 Å². The highest BCUT2D eigenvalue weighted by Crippen LogP contribution is 2.48. The van der Waals surface area contributed by atoms with Crippen LogP contribution in [0.4, 0.5) is 0 Å². The topological polar surface area (TPSA) is 82.1 Å². The van der Waals surface area contributed by atoms with E-state index in [-0.39, 0.29) is 17.9 Å². The fourth-order valence-corrected chi connectivity index (χ4v) is 3.16. The maximum absolute atomic E-state index is 9.50. The van der Waals surface area contributed by atoms with E-state index in [1.165, 1.54) is 12.8 Å². The zero-order valence-corrected chi connectivity index (χ0v) is 8.89. The zero-order chi connectivity index (χ0) is 10.9. The molecule has 0 unspecified atom stereocenters. The molecule has 2 aliphatic rings. The van der Waals surface area contributed by atoms with Gasteiger partial charge in [0.1, 0.15) is 0 Å². The van der Waals surface area contributed by atoms with Crippen LogP contribution in [-0.4, -0.2) is 47.3 Å². The summed E-state index contributed by atoms with van der Waals surface area (Å²) in [6.07, 6.45) is 3.54. The molecule has 1 aliphatic carbocycles. The van der Waals surface area contributed by atoms with Gasteiger partial charge in [0.05, 0.1) is 13.2 Å². The summed E-state index contributed by atoms with van der Waals surface area (Å²) >= 11 is 0. The molecule has 15 heavy (non-hydrogen) atoms. The molecule has 1 heterocycles. The molecule has 1 saturated heterocycles. The lowest BCUT2D eigenvalue weighted by atomic mass is 9.82. The number of hydrogen-bond donors (Lipinski definition) is 3. The predicted octanol–water partition coefficient (Wildman–Crippen LogP) is -0.173. The maximum atomic E-state index is 9.50. The lowest BCUT2D eigenvalue weighted by Gasteiger charge is -2.26. The molecule has 1 saturated carbocycles. The van der Waals surface area contributed by atoms with E-state index in [0.717, 1.165) is 19.5 Å². The molecule has 0 radical (unpaired) electrons. The molecular formula is C10H19N3O2. The van der Waals surface area contributed by atoms with Gasteiger partial charge in [-0.3, -0.25) is 4.90 Å². The average Bonchev–Trinajstić information content (AvgIpc) is 2.74. The van der Waals surface area contributed by atoms with Gasteiger partial charge in [0.15, 0.2) is 5.84 Å². The Labute approximate surface area is 89.5 Å². The van der Waals surface area contributed by atoms with Crippen molar-refractivity contribution in [3.05, 3.63) is 0 Å². The summed E-state index contributed by atoms with van der Waals surface area (Å²) in [5.41, 5.74) is 5.58. The Kier molecular flexibility index (Phi) is 2.84. The number of likely N-dealkylation sites (tertiary alicyclic amines) is 1. The number of aliphatic hydroxyl groups is 1. The Hall–Kier alpha value is -0.810. The number of rotatable bonds is 3. The van der Waals surface area contributed by atoms with E-state index in [4.69, 9.17) is 10.9 Å². The van der Waals surface area contributed by atoms with Gasteiger partial charge in [-0.15, -0.1) is 0 Å². The summed E-state index contributed by atoms with van der Waals surface area (Å²) in [6.45, 7) is 2.63. The summed E-state index contributed by atoms with van der Waals surface area (Å²) < 4.78 is 0. The average molecular weight is 213 g/mol. The molecule has 5 heteroatoms. The van der Waals surface area contributed by atoms with E-state index in [0.29, 0.717) is 12.5 Å². The van der Waals surface area contributed by atoms with Crippen LogP contribution in [0.5, 0.6) is 0 Å². The van der Waals surface area contributed by atoms with E-state index in [1.54, 1.807) is 0 Å². The number of nitrogens with two attached hydrogens (primary N) is 1. The molecule has 0 spiro atoms. The lowest BCUT2D eigenvalue weighted by Crippen LogP contribution is -2.35. The van der Waals surface area contributed by atoms with Crippen molar-refractivity contribution in [1.29, 1.82) is 0 Å². The summed E-state index contributed by atoms with van der Waals surface area (Å²) in [5, 5.41) is 21.0. The maximum Gasteiger partial charge on any atom is 0.153 e. The number of nitrogens with zero attached hydrogens (tertiary/aromatic N) is 2. The minimum atomic E-state index is 0.0930. The van der Waals surface area contributed by atoms with Crippen LogP contribution in [0.3, 0.4) is 0 Å². The second-order valence-electron chi connectivity index (χ2n) is 4.87. The summed E-state index contributed by atoms with van der Waals surface area (Å²) in [5.74, 6) is 0.844. The van der Waals surface area contributed by atoms with Crippen molar-refractivity contribution in [2.75, 3.05) is 26.2 Å². The highest BCUT2D eigenvalue weighted by atomic mass is 16.4. The minimum Gasteiger partial charge on any atom is -0.409 e. The van der Waals surface area contributed by atoms with E-state index in [2.05, 4.69) is 10.1 Å². The van der Waals surface area contributed by atoms with Crippen LogP contribution in [0.15, 0.2) is 5.16 Å². The van der Waals surface area contributed by atoms with Crippen molar-refractivity contribution < 1.29 is 10.3 Å². The Balaban J connectivity index is 1.99. The number of aliphatic hydroxyl groups excluding tert-OH is 1. The first kappa shape index (κ1) is 10.7. The van der Waals surface area contributed by atoms with Crippen LogP contribution in [0.25, 0.3) is 0 Å². The molecule has 2 atom stereocenters. The quantitative estimate of drug-likeness (QED) is 0.263. The molecule has 0 bridgehead atoms. The summed E-state index contributed by atoms with van der Waals surface area (Å²) in [7, 11) is 0. The largest absolute Gasteiger partial charge is 0.409 e. The number of oxime groups is 1. The van der Waals surface area contributed by atoms with Crippen LogP contribution in [0, 0.1) is 11.3 Å².